The normalized spacial score (nSPS) is 13.4. The summed E-state index contributed by atoms with van der Waals surface area (Å²) >= 11 is 0. The Morgan fingerprint density at radius 2 is 2.00 bits per heavy atom. The predicted octanol–water partition coefficient (Wildman–Crippen LogP) is 2.67. The van der Waals surface area contributed by atoms with Gasteiger partial charge in [-0.25, -0.2) is 0 Å². The van der Waals surface area contributed by atoms with E-state index in [1.807, 2.05) is 6.92 Å². The Hall–Kier alpha value is -1.12. The van der Waals surface area contributed by atoms with Crippen molar-refractivity contribution in [1.82, 2.24) is 10.2 Å². The lowest BCUT2D eigenvalue weighted by molar-refractivity contribution is 0.293. The highest BCUT2D eigenvalue weighted by Crippen LogP contribution is 2.02. The van der Waals surface area contributed by atoms with Crippen molar-refractivity contribution >= 4 is 0 Å². The van der Waals surface area contributed by atoms with Crippen LogP contribution in [-0.4, -0.2) is 31.1 Å². The Labute approximate surface area is 105 Å². The number of hydrogen-bond acceptors (Lipinski definition) is 2. The van der Waals surface area contributed by atoms with Gasteiger partial charge in [-0.15, -0.1) is 0 Å². The van der Waals surface area contributed by atoms with E-state index in [2.05, 4.69) is 66.7 Å². The predicted molar refractivity (Wildman–Crippen MR) is 75.1 cm³/mol. The average Bonchev–Trinajstić information content (AvgIpc) is 2.30. The van der Waals surface area contributed by atoms with Crippen LogP contribution in [0.3, 0.4) is 0 Å². The van der Waals surface area contributed by atoms with Crippen LogP contribution in [0.5, 0.6) is 0 Å². The summed E-state index contributed by atoms with van der Waals surface area (Å²) < 4.78 is 0. The van der Waals surface area contributed by atoms with Gasteiger partial charge >= 0.3 is 0 Å². The molecular weight excluding hydrogens is 208 g/mol. The lowest BCUT2D eigenvalue weighted by atomic mass is 10.2. The fraction of sp³-hybridized carbons (Fsp3) is 0.467. The van der Waals surface area contributed by atoms with Gasteiger partial charge in [0.1, 0.15) is 0 Å². The second-order valence-corrected chi connectivity index (χ2v) is 4.56. The van der Waals surface area contributed by atoms with Crippen molar-refractivity contribution in [3.63, 3.8) is 0 Å². The first kappa shape index (κ1) is 13.9. The number of likely N-dealkylation sites (N-methyl/N-ethyl adjacent to an activating group) is 1. The van der Waals surface area contributed by atoms with Crippen molar-refractivity contribution in [1.29, 1.82) is 0 Å². The van der Waals surface area contributed by atoms with Gasteiger partial charge < -0.3 is 10.2 Å². The van der Waals surface area contributed by atoms with Gasteiger partial charge in [-0.2, -0.15) is 0 Å². The molecule has 1 N–H and O–H groups in total. The summed E-state index contributed by atoms with van der Waals surface area (Å²) in [7, 11) is 2.17. The third-order valence-corrected chi connectivity index (χ3v) is 2.70. The molecule has 1 aromatic rings. The zero-order valence-electron chi connectivity index (χ0n) is 11.2. The molecule has 0 aliphatic carbocycles. The molecule has 2 nitrogen and oxygen atoms in total. The van der Waals surface area contributed by atoms with E-state index in [1.165, 1.54) is 5.56 Å². The fourth-order valence-corrected chi connectivity index (χ4v) is 1.88. The lowest BCUT2D eigenvalue weighted by Crippen LogP contribution is -2.37. The first-order valence-corrected chi connectivity index (χ1v) is 6.29. The summed E-state index contributed by atoms with van der Waals surface area (Å²) in [5.74, 6) is 0. The second kappa shape index (κ2) is 8.04. The molecule has 17 heavy (non-hydrogen) atoms. The van der Waals surface area contributed by atoms with Gasteiger partial charge in [0, 0.05) is 25.7 Å². The molecule has 0 fully saturated rings. The van der Waals surface area contributed by atoms with E-state index in [4.69, 9.17) is 0 Å². The number of rotatable bonds is 7. The minimum atomic E-state index is 0.514. The first-order chi connectivity index (χ1) is 8.22. The molecule has 0 aromatic heterocycles. The topological polar surface area (TPSA) is 15.3 Å². The van der Waals surface area contributed by atoms with E-state index in [-0.39, 0.29) is 0 Å². The molecule has 0 saturated carbocycles. The maximum Gasteiger partial charge on any atom is 0.0231 e. The SMILES string of the molecule is C/C=C/CNC(C)CN(C)Cc1ccccc1. The second-order valence-electron chi connectivity index (χ2n) is 4.56. The van der Waals surface area contributed by atoms with Crippen LogP contribution in [0.25, 0.3) is 0 Å². The van der Waals surface area contributed by atoms with E-state index in [9.17, 15) is 0 Å². The minimum Gasteiger partial charge on any atom is -0.310 e. The van der Waals surface area contributed by atoms with Gasteiger partial charge in [0.25, 0.3) is 0 Å². The van der Waals surface area contributed by atoms with E-state index in [0.717, 1.165) is 19.6 Å². The summed E-state index contributed by atoms with van der Waals surface area (Å²) in [5, 5.41) is 3.47. The molecule has 0 saturated heterocycles. The molecule has 1 unspecified atom stereocenters. The van der Waals surface area contributed by atoms with Crippen LogP contribution in [0.15, 0.2) is 42.5 Å². The molecule has 0 radical (unpaired) electrons. The smallest absolute Gasteiger partial charge is 0.0231 e. The molecule has 2 heteroatoms. The Bertz CT molecular complexity index is 319. The van der Waals surface area contributed by atoms with Gasteiger partial charge in [-0.1, -0.05) is 42.5 Å². The maximum absolute atomic E-state index is 3.47. The van der Waals surface area contributed by atoms with Crippen LogP contribution in [-0.2, 0) is 6.54 Å². The fourth-order valence-electron chi connectivity index (χ4n) is 1.88. The molecule has 1 rings (SSSR count). The van der Waals surface area contributed by atoms with Gasteiger partial charge in [-0.05, 0) is 26.5 Å². The van der Waals surface area contributed by atoms with Gasteiger partial charge in [-0.3, -0.25) is 0 Å². The third-order valence-electron chi connectivity index (χ3n) is 2.70. The molecule has 94 valence electrons. The molecule has 0 aliphatic rings. The lowest BCUT2D eigenvalue weighted by Gasteiger charge is -2.21. The van der Waals surface area contributed by atoms with Crippen molar-refractivity contribution in [2.75, 3.05) is 20.1 Å². The highest BCUT2D eigenvalue weighted by atomic mass is 15.1. The summed E-state index contributed by atoms with van der Waals surface area (Å²) in [6.45, 7) is 7.30. The van der Waals surface area contributed by atoms with Crippen LogP contribution in [0.1, 0.15) is 19.4 Å². The van der Waals surface area contributed by atoms with Crippen molar-refractivity contribution in [3.8, 4) is 0 Å². The van der Waals surface area contributed by atoms with Crippen molar-refractivity contribution < 1.29 is 0 Å². The quantitative estimate of drug-likeness (QED) is 0.727. The Morgan fingerprint density at radius 3 is 2.65 bits per heavy atom. The molecule has 1 aromatic carbocycles. The van der Waals surface area contributed by atoms with E-state index in [1.54, 1.807) is 0 Å². The number of allylic oxidation sites excluding steroid dienone is 1. The minimum absolute atomic E-state index is 0.514. The molecule has 0 spiro atoms. The third kappa shape index (κ3) is 6.25. The highest BCUT2D eigenvalue weighted by Gasteiger charge is 2.05. The van der Waals surface area contributed by atoms with E-state index in [0.29, 0.717) is 6.04 Å². The van der Waals surface area contributed by atoms with Crippen molar-refractivity contribution in [3.05, 3.63) is 48.0 Å². The van der Waals surface area contributed by atoms with Crippen LogP contribution in [0.2, 0.25) is 0 Å². The van der Waals surface area contributed by atoms with E-state index < -0.39 is 0 Å². The highest BCUT2D eigenvalue weighted by molar-refractivity contribution is 5.14. The monoisotopic (exact) mass is 232 g/mol. The average molecular weight is 232 g/mol. The summed E-state index contributed by atoms with van der Waals surface area (Å²) in [4.78, 5) is 2.35. The standard InChI is InChI=1S/C15H24N2/c1-4-5-11-16-14(2)12-17(3)13-15-9-7-6-8-10-15/h4-10,14,16H,11-13H2,1-3H3/b5-4+. The number of hydrogen-bond donors (Lipinski definition) is 1. The van der Waals surface area contributed by atoms with Crippen molar-refractivity contribution in [2.24, 2.45) is 0 Å². The van der Waals surface area contributed by atoms with Crippen LogP contribution in [0, 0.1) is 0 Å². The molecule has 0 bridgehead atoms. The summed E-state index contributed by atoms with van der Waals surface area (Å²) in [5.41, 5.74) is 1.37. The number of nitrogens with zero attached hydrogens (tertiary/aromatic N) is 1. The maximum atomic E-state index is 3.47. The molecule has 0 aliphatic heterocycles. The molecule has 0 heterocycles. The van der Waals surface area contributed by atoms with Crippen LogP contribution >= 0.6 is 0 Å². The van der Waals surface area contributed by atoms with E-state index >= 15 is 0 Å². The van der Waals surface area contributed by atoms with Gasteiger partial charge in [0.05, 0.1) is 0 Å². The Morgan fingerprint density at radius 1 is 1.29 bits per heavy atom. The number of benzene rings is 1. The largest absolute Gasteiger partial charge is 0.310 e. The Kier molecular flexibility index (Phi) is 6.60. The zero-order chi connectivity index (χ0) is 12.5. The molecule has 1 atom stereocenters. The summed E-state index contributed by atoms with van der Waals surface area (Å²) in [6.07, 6.45) is 4.22. The van der Waals surface area contributed by atoms with Crippen molar-refractivity contribution in [2.45, 2.75) is 26.4 Å². The zero-order valence-corrected chi connectivity index (χ0v) is 11.2. The van der Waals surface area contributed by atoms with Crippen LogP contribution in [0.4, 0.5) is 0 Å². The van der Waals surface area contributed by atoms with Gasteiger partial charge in [0.15, 0.2) is 0 Å². The molecule has 0 amide bonds. The van der Waals surface area contributed by atoms with Crippen LogP contribution < -0.4 is 5.32 Å². The molecular formula is C15H24N2. The first-order valence-electron chi connectivity index (χ1n) is 6.29. The Balaban J connectivity index is 2.26. The number of nitrogens with one attached hydrogen (secondary N) is 1. The summed E-state index contributed by atoms with van der Waals surface area (Å²) in [6, 6.07) is 11.1. The van der Waals surface area contributed by atoms with Gasteiger partial charge in [0.2, 0.25) is 0 Å².